The molecule has 0 saturated heterocycles. The molecule has 0 aliphatic carbocycles. The number of guanidine groups is 1. The second-order valence-electron chi connectivity index (χ2n) is 4.79. The van der Waals surface area contributed by atoms with E-state index in [4.69, 9.17) is 0 Å². The minimum absolute atomic E-state index is 0. The normalized spacial score (nSPS) is 12.8. The third kappa shape index (κ3) is 8.38. The minimum atomic E-state index is 0. The van der Waals surface area contributed by atoms with Gasteiger partial charge in [0.25, 0.3) is 0 Å². The number of hydrogen-bond donors (Lipinski definition) is 3. The van der Waals surface area contributed by atoms with Crippen LogP contribution in [-0.2, 0) is 0 Å². The lowest BCUT2D eigenvalue weighted by Gasteiger charge is -2.15. The maximum Gasteiger partial charge on any atom is 0.191 e. The van der Waals surface area contributed by atoms with E-state index in [0.717, 1.165) is 31.0 Å². The summed E-state index contributed by atoms with van der Waals surface area (Å²) in [5.41, 5.74) is 1.12. The highest BCUT2D eigenvalue weighted by atomic mass is 127. The maximum absolute atomic E-state index is 9.55. The van der Waals surface area contributed by atoms with Crippen LogP contribution in [0, 0.1) is 0 Å². The fourth-order valence-corrected chi connectivity index (χ4v) is 1.98. The van der Waals surface area contributed by atoms with Gasteiger partial charge in [-0.2, -0.15) is 0 Å². The van der Waals surface area contributed by atoms with Crippen LogP contribution < -0.4 is 10.6 Å². The molecule has 1 aromatic carbocycles. The number of nitrogens with one attached hydrogen (secondary N) is 2. The molecule has 0 aliphatic heterocycles. The van der Waals surface area contributed by atoms with Gasteiger partial charge in [-0.15, -0.1) is 24.0 Å². The molecule has 1 unspecified atom stereocenters. The first kappa shape index (κ1) is 20.9. The van der Waals surface area contributed by atoms with Gasteiger partial charge in [0.2, 0.25) is 0 Å². The van der Waals surface area contributed by atoms with Gasteiger partial charge in [0.1, 0.15) is 0 Å². The molecule has 0 aliphatic rings. The first-order valence-electron chi connectivity index (χ1n) is 7.61. The van der Waals surface area contributed by atoms with Crippen molar-refractivity contribution in [1.82, 2.24) is 10.6 Å². The molecular weight excluding hydrogens is 389 g/mol. The lowest BCUT2D eigenvalue weighted by Crippen LogP contribution is -2.38. The zero-order chi connectivity index (χ0) is 15.3. The average Bonchev–Trinajstić information content (AvgIpc) is 2.53. The number of aliphatic imine (C=N–C) groups is 1. The Morgan fingerprint density at radius 1 is 1.27 bits per heavy atom. The maximum atomic E-state index is 9.55. The van der Waals surface area contributed by atoms with Crippen molar-refractivity contribution in [3.05, 3.63) is 48.0 Å². The Balaban J connectivity index is 0.00000441. The quantitative estimate of drug-likeness (QED) is 0.201. The van der Waals surface area contributed by atoms with E-state index in [-0.39, 0.29) is 36.5 Å². The molecule has 4 nitrogen and oxygen atoms in total. The molecule has 22 heavy (non-hydrogen) atoms. The summed E-state index contributed by atoms with van der Waals surface area (Å²) in [6.07, 6.45) is 5.14. The van der Waals surface area contributed by atoms with Crippen LogP contribution in [0.25, 0.3) is 0 Å². The zero-order valence-corrected chi connectivity index (χ0v) is 15.8. The molecule has 124 valence electrons. The summed E-state index contributed by atoms with van der Waals surface area (Å²) in [6, 6.07) is 10.0. The third-order valence-electron chi connectivity index (χ3n) is 3.14. The van der Waals surface area contributed by atoms with Gasteiger partial charge in [-0.25, -0.2) is 0 Å². The van der Waals surface area contributed by atoms with Crippen molar-refractivity contribution >= 4 is 29.9 Å². The Kier molecular flexibility index (Phi) is 12.9. The molecule has 0 spiro atoms. The molecule has 0 bridgehead atoms. The molecule has 0 aromatic heterocycles. The summed E-state index contributed by atoms with van der Waals surface area (Å²) < 4.78 is 0. The minimum Gasteiger partial charge on any atom is -0.396 e. The van der Waals surface area contributed by atoms with Gasteiger partial charge < -0.3 is 15.7 Å². The van der Waals surface area contributed by atoms with E-state index < -0.39 is 0 Å². The van der Waals surface area contributed by atoms with Gasteiger partial charge in [-0.1, -0.05) is 42.5 Å². The monoisotopic (exact) mass is 417 g/mol. The fraction of sp³-hybridized carbons (Fsp3) is 0.471. The SMILES string of the molecule is C/C=C/CCNC(=NCC(CO)c1ccccc1)NCC.I. The zero-order valence-electron chi connectivity index (χ0n) is 13.5. The van der Waals surface area contributed by atoms with E-state index in [0.29, 0.717) is 6.54 Å². The first-order chi connectivity index (χ1) is 10.3. The number of hydrogen-bond acceptors (Lipinski definition) is 2. The van der Waals surface area contributed by atoms with Crippen LogP contribution in [0.1, 0.15) is 31.7 Å². The van der Waals surface area contributed by atoms with Gasteiger partial charge in [0.15, 0.2) is 5.96 Å². The molecule has 0 radical (unpaired) electrons. The molecule has 3 N–H and O–H groups in total. The Morgan fingerprint density at radius 3 is 2.59 bits per heavy atom. The van der Waals surface area contributed by atoms with E-state index in [1.807, 2.05) is 50.3 Å². The predicted molar refractivity (Wildman–Crippen MR) is 105 cm³/mol. The van der Waals surface area contributed by atoms with E-state index in [1.165, 1.54) is 0 Å². The second-order valence-corrected chi connectivity index (χ2v) is 4.79. The molecule has 1 atom stereocenters. The largest absolute Gasteiger partial charge is 0.396 e. The summed E-state index contributed by atoms with van der Waals surface area (Å²) in [5.74, 6) is 0.841. The summed E-state index contributed by atoms with van der Waals surface area (Å²) in [5, 5.41) is 16.1. The molecule has 1 rings (SSSR count). The first-order valence-corrected chi connectivity index (χ1v) is 7.61. The van der Waals surface area contributed by atoms with Crippen LogP contribution in [-0.4, -0.2) is 37.3 Å². The number of allylic oxidation sites excluding steroid dienone is 1. The van der Waals surface area contributed by atoms with Crippen molar-refractivity contribution < 1.29 is 5.11 Å². The van der Waals surface area contributed by atoms with Crippen LogP contribution in [0.4, 0.5) is 0 Å². The van der Waals surface area contributed by atoms with Crippen LogP contribution in [0.3, 0.4) is 0 Å². The van der Waals surface area contributed by atoms with E-state index in [9.17, 15) is 5.11 Å². The average molecular weight is 417 g/mol. The number of halogens is 1. The van der Waals surface area contributed by atoms with Crippen molar-refractivity contribution in [3.63, 3.8) is 0 Å². The van der Waals surface area contributed by atoms with Gasteiger partial charge in [0.05, 0.1) is 13.2 Å². The standard InChI is InChI=1S/C17H27N3O.HI/c1-3-5-9-12-19-17(18-4-2)20-13-16(14-21)15-10-7-6-8-11-15;/h3,5-8,10-11,16,21H,4,9,12-14H2,1-2H3,(H2,18,19,20);1H/b5-3+;. The molecule has 1 aromatic rings. The summed E-state index contributed by atoms with van der Waals surface area (Å²) in [6.45, 7) is 6.41. The number of rotatable bonds is 8. The number of aliphatic hydroxyl groups excluding tert-OH is 1. The van der Waals surface area contributed by atoms with Crippen LogP contribution >= 0.6 is 24.0 Å². The summed E-state index contributed by atoms with van der Waals surface area (Å²) in [7, 11) is 0. The Labute approximate surface area is 151 Å². The summed E-state index contributed by atoms with van der Waals surface area (Å²) in [4.78, 5) is 4.57. The highest BCUT2D eigenvalue weighted by Gasteiger charge is 2.09. The van der Waals surface area contributed by atoms with Crippen molar-refractivity contribution in [2.45, 2.75) is 26.2 Å². The summed E-state index contributed by atoms with van der Waals surface area (Å²) >= 11 is 0. The Hall–Kier alpha value is -1.08. The highest BCUT2D eigenvalue weighted by molar-refractivity contribution is 14.0. The number of benzene rings is 1. The van der Waals surface area contributed by atoms with Crippen molar-refractivity contribution in [1.29, 1.82) is 0 Å². The van der Waals surface area contributed by atoms with E-state index in [2.05, 4.69) is 21.7 Å². The van der Waals surface area contributed by atoms with Crippen molar-refractivity contribution in [2.75, 3.05) is 26.2 Å². The van der Waals surface area contributed by atoms with Crippen molar-refractivity contribution in [3.8, 4) is 0 Å². The third-order valence-corrected chi connectivity index (χ3v) is 3.14. The van der Waals surface area contributed by atoms with Crippen LogP contribution in [0.15, 0.2) is 47.5 Å². The van der Waals surface area contributed by atoms with E-state index >= 15 is 0 Å². The topological polar surface area (TPSA) is 56.7 Å². The lowest BCUT2D eigenvalue weighted by molar-refractivity contribution is 0.268. The number of aliphatic hydroxyl groups is 1. The van der Waals surface area contributed by atoms with Crippen LogP contribution in [0.5, 0.6) is 0 Å². The molecule has 0 saturated carbocycles. The lowest BCUT2D eigenvalue weighted by atomic mass is 10.0. The molecule has 0 fully saturated rings. The van der Waals surface area contributed by atoms with Crippen LogP contribution in [0.2, 0.25) is 0 Å². The predicted octanol–water partition coefficient (Wildman–Crippen LogP) is 2.90. The Bertz CT molecular complexity index is 435. The van der Waals surface area contributed by atoms with Gasteiger partial charge in [-0.05, 0) is 25.8 Å². The molecular formula is C17H28IN3O. The Morgan fingerprint density at radius 2 is 2.00 bits per heavy atom. The van der Waals surface area contributed by atoms with E-state index in [1.54, 1.807) is 0 Å². The van der Waals surface area contributed by atoms with Crippen molar-refractivity contribution in [2.24, 2.45) is 4.99 Å². The highest BCUT2D eigenvalue weighted by Crippen LogP contribution is 2.14. The fourth-order valence-electron chi connectivity index (χ4n) is 1.98. The molecule has 0 amide bonds. The molecule has 0 heterocycles. The van der Waals surface area contributed by atoms with Gasteiger partial charge in [-0.3, -0.25) is 4.99 Å². The number of nitrogens with zero attached hydrogens (tertiary/aromatic N) is 1. The van der Waals surface area contributed by atoms with Gasteiger partial charge in [0, 0.05) is 19.0 Å². The molecule has 5 heteroatoms. The smallest absolute Gasteiger partial charge is 0.191 e. The van der Waals surface area contributed by atoms with Gasteiger partial charge >= 0.3 is 0 Å². The second kappa shape index (κ2) is 13.6.